The lowest BCUT2D eigenvalue weighted by molar-refractivity contribution is 0.666. The molecule has 0 radical (unpaired) electrons. The van der Waals surface area contributed by atoms with E-state index in [9.17, 15) is 0 Å². The van der Waals surface area contributed by atoms with E-state index in [1.807, 2.05) is 48.8 Å². The highest BCUT2D eigenvalue weighted by atomic mass is 15.0. The van der Waals surface area contributed by atoms with E-state index in [0.717, 1.165) is 72.4 Å². The van der Waals surface area contributed by atoms with Crippen LogP contribution in [0, 0.1) is 0 Å². The van der Waals surface area contributed by atoms with E-state index in [0.29, 0.717) is 17.5 Å². The summed E-state index contributed by atoms with van der Waals surface area (Å²) in [6, 6.07) is 83.8. The molecule has 0 aliphatic heterocycles. The van der Waals surface area contributed by atoms with Crippen LogP contribution in [0.4, 0.5) is 0 Å². The van der Waals surface area contributed by atoms with Crippen molar-refractivity contribution in [3.63, 3.8) is 0 Å². The van der Waals surface area contributed by atoms with Crippen molar-refractivity contribution in [2.45, 2.75) is 38.5 Å². The van der Waals surface area contributed by atoms with Gasteiger partial charge in [-0.15, -0.1) is 0 Å². The summed E-state index contributed by atoms with van der Waals surface area (Å²) in [6.07, 6.45) is 3.75. The molecular formula is C74H52N6. The molecule has 0 bridgehead atoms. The fourth-order valence-corrected chi connectivity index (χ4v) is 13.9. The van der Waals surface area contributed by atoms with E-state index in [4.69, 9.17) is 15.0 Å². The van der Waals surface area contributed by atoms with Crippen molar-refractivity contribution in [2.75, 3.05) is 0 Å². The normalized spacial score (nSPS) is 13.7. The zero-order valence-electron chi connectivity index (χ0n) is 44.8. The van der Waals surface area contributed by atoms with E-state index in [1.165, 1.54) is 66.1 Å². The third-order valence-corrected chi connectivity index (χ3v) is 17.5. The second-order valence-electron chi connectivity index (χ2n) is 22.5. The molecule has 0 unspecified atom stereocenters. The number of hydrogen-bond acceptors (Lipinski definition) is 4. The van der Waals surface area contributed by atoms with Crippen molar-refractivity contribution in [3.8, 4) is 90.0 Å². The Hall–Kier alpha value is -10.0. The number of nitrogens with zero attached hydrogens (tertiary/aromatic N) is 6. The van der Waals surface area contributed by atoms with Gasteiger partial charge in [-0.3, -0.25) is 4.98 Å². The Balaban J connectivity index is 1.03. The highest BCUT2D eigenvalue weighted by molar-refractivity contribution is 6.16. The highest BCUT2D eigenvalue weighted by Gasteiger charge is 2.40. The quantitative estimate of drug-likeness (QED) is 0.160. The first kappa shape index (κ1) is 46.1. The lowest BCUT2D eigenvalue weighted by atomic mass is 9.80. The van der Waals surface area contributed by atoms with Gasteiger partial charge in [-0.25, -0.2) is 15.0 Å². The van der Waals surface area contributed by atoms with Crippen LogP contribution in [0.1, 0.15) is 49.9 Å². The molecule has 0 spiro atoms. The summed E-state index contributed by atoms with van der Waals surface area (Å²) in [6.45, 7) is 9.55. The Morgan fingerprint density at radius 1 is 0.312 bits per heavy atom. The maximum Gasteiger partial charge on any atom is 0.164 e. The SMILES string of the molecule is CC1(C)c2ccccc2-c2ccc3c(c21)c1ccccc1n3-c1ccc(-c2nc(-c3ccccc3)nc(-c3ccccc3)n2)c(-c2cc(-c3ccncc3)ccc2-n2c3ccccc3c3c4c(ccc32)-c2ccccc2C4(C)C)c1. The molecule has 4 aromatic heterocycles. The fraction of sp³-hybridized carbons (Fsp3) is 0.0811. The van der Waals surface area contributed by atoms with Gasteiger partial charge < -0.3 is 9.13 Å². The zero-order chi connectivity index (χ0) is 53.4. The predicted octanol–water partition coefficient (Wildman–Crippen LogP) is 18.4. The number of hydrogen-bond donors (Lipinski definition) is 0. The van der Waals surface area contributed by atoms with Gasteiger partial charge in [0.2, 0.25) is 0 Å². The van der Waals surface area contributed by atoms with E-state index in [1.54, 1.807) is 0 Å². The number of rotatable bonds is 7. The second-order valence-corrected chi connectivity index (χ2v) is 22.5. The molecule has 0 atom stereocenters. The number of pyridine rings is 1. The van der Waals surface area contributed by atoms with Gasteiger partial charge in [0.15, 0.2) is 17.5 Å². The standard InChI is InChI=1S/C74H52N6/c1-73(2)59-27-15-11-23-50(59)52-34-37-64-66(68(52)73)55-25-13-17-29-61(55)79(64)49-32-33-54(72-77-70(46-19-7-5-8-20-46)76-71(78-72)47-21-9-6-10-22-47)57(44-49)58-43-48(45-39-41-75-42-40-45)31-36-63(58)80-62-30-18-14-26-56(62)67-65(80)38-35-53-51-24-12-16-28-60(51)74(3,4)69(53)67/h5-44H,1-4H3. The van der Waals surface area contributed by atoms with Crippen LogP contribution in [-0.2, 0) is 10.8 Å². The topological polar surface area (TPSA) is 61.4 Å². The Morgan fingerprint density at radius 2 is 0.800 bits per heavy atom. The van der Waals surface area contributed by atoms with Gasteiger partial charge in [-0.2, -0.15) is 0 Å². The molecule has 16 rings (SSSR count). The van der Waals surface area contributed by atoms with Crippen molar-refractivity contribution in [1.82, 2.24) is 29.1 Å². The smallest absolute Gasteiger partial charge is 0.164 e. The van der Waals surface area contributed by atoms with Crippen LogP contribution in [0.5, 0.6) is 0 Å². The average Bonchev–Trinajstić information content (AvgIpc) is 4.03. The predicted molar refractivity (Wildman–Crippen MR) is 329 cm³/mol. The van der Waals surface area contributed by atoms with Crippen molar-refractivity contribution >= 4 is 43.6 Å². The maximum atomic E-state index is 5.46. The lowest BCUT2D eigenvalue weighted by Crippen LogP contribution is -2.15. The molecule has 0 N–H and O–H groups in total. The molecule has 6 heteroatoms. The van der Waals surface area contributed by atoms with Gasteiger partial charge in [0.05, 0.1) is 27.8 Å². The molecule has 0 saturated carbocycles. The van der Waals surface area contributed by atoms with Crippen molar-refractivity contribution in [2.24, 2.45) is 0 Å². The molecule has 0 saturated heterocycles. The first-order valence-electron chi connectivity index (χ1n) is 27.6. The van der Waals surface area contributed by atoms with Crippen LogP contribution >= 0.6 is 0 Å². The summed E-state index contributed by atoms with van der Waals surface area (Å²) in [5.41, 5.74) is 23.7. The minimum Gasteiger partial charge on any atom is -0.309 e. The lowest BCUT2D eigenvalue weighted by Gasteiger charge is -2.23. The summed E-state index contributed by atoms with van der Waals surface area (Å²) < 4.78 is 4.99. The summed E-state index contributed by atoms with van der Waals surface area (Å²) in [5, 5.41) is 5.01. The largest absolute Gasteiger partial charge is 0.309 e. The minimum absolute atomic E-state index is 0.219. The molecule has 378 valence electrons. The summed E-state index contributed by atoms with van der Waals surface area (Å²) in [7, 11) is 0. The Bertz CT molecular complexity index is 4810. The van der Waals surface area contributed by atoms with E-state index in [-0.39, 0.29) is 10.8 Å². The number of benzene rings is 10. The van der Waals surface area contributed by atoms with Crippen LogP contribution < -0.4 is 0 Å². The van der Waals surface area contributed by atoms with Gasteiger partial charge in [0.25, 0.3) is 0 Å². The monoisotopic (exact) mass is 1020 g/mol. The van der Waals surface area contributed by atoms with Crippen LogP contribution in [0.3, 0.4) is 0 Å². The molecule has 6 nitrogen and oxygen atoms in total. The van der Waals surface area contributed by atoms with Gasteiger partial charge in [0.1, 0.15) is 0 Å². The Morgan fingerprint density at radius 3 is 1.39 bits per heavy atom. The van der Waals surface area contributed by atoms with Crippen molar-refractivity contribution in [1.29, 1.82) is 0 Å². The van der Waals surface area contributed by atoms with Crippen LogP contribution in [-0.4, -0.2) is 29.1 Å². The Kier molecular flexibility index (Phi) is 9.93. The number of fused-ring (bicyclic) bond motifs is 14. The summed E-state index contributed by atoms with van der Waals surface area (Å²) in [5.74, 6) is 1.79. The average molecular weight is 1030 g/mol. The van der Waals surface area contributed by atoms with Crippen molar-refractivity contribution < 1.29 is 0 Å². The number of aromatic nitrogens is 6. The van der Waals surface area contributed by atoms with E-state index >= 15 is 0 Å². The second kappa shape index (κ2) is 17.2. The first-order chi connectivity index (χ1) is 39.2. The summed E-state index contributed by atoms with van der Waals surface area (Å²) in [4.78, 5) is 20.6. The molecule has 14 aromatic rings. The highest BCUT2D eigenvalue weighted by Crippen LogP contribution is 2.56. The minimum atomic E-state index is -0.234. The van der Waals surface area contributed by atoms with E-state index < -0.39 is 0 Å². The van der Waals surface area contributed by atoms with Crippen molar-refractivity contribution in [3.05, 3.63) is 265 Å². The molecule has 2 aliphatic rings. The van der Waals surface area contributed by atoms with Gasteiger partial charge in [-0.1, -0.05) is 191 Å². The molecule has 2 aliphatic carbocycles. The van der Waals surface area contributed by atoms with Crippen LogP contribution in [0.25, 0.3) is 134 Å². The summed E-state index contributed by atoms with van der Waals surface area (Å²) >= 11 is 0. The molecule has 4 heterocycles. The van der Waals surface area contributed by atoms with Crippen LogP contribution in [0.2, 0.25) is 0 Å². The van der Waals surface area contributed by atoms with E-state index in [2.05, 4.69) is 236 Å². The third-order valence-electron chi connectivity index (χ3n) is 17.5. The number of para-hydroxylation sites is 2. The molecule has 0 amide bonds. The molecule has 0 fully saturated rings. The van der Waals surface area contributed by atoms with Gasteiger partial charge in [-0.05, 0) is 128 Å². The zero-order valence-corrected chi connectivity index (χ0v) is 44.8. The first-order valence-corrected chi connectivity index (χ1v) is 27.6. The molecule has 10 aromatic carbocycles. The maximum absolute atomic E-state index is 5.46. The third kappa shape index (κ3) is 6.66. The van der Waals surface area contributed by atoms with Crippen LogP contribution in [0.15, 0.2) is 243 Å². The molecular weight excluding hydrogens is 973 g/mol. The van der Waals surface area contributed by atoms with Gasteiger partial charge in [0, 0.05) is 72.7 Å². The molecule has 80 heavy (non-hydrogen) atoms. The Labute approximate surface area is 464 Å². The fourth-order valence-electron chi connectivity index (χ4n) is 13.9. The van der Waals surface area contributed by atoms with Gasteiger partial charge >= 0.3 is 0 Å².